The maximum Gasteiger partial charge on any atom is 0.261 e. The van der Waals surface area contributed by atoms with E-state index in [1.54, 1.807) is 36.5 Å². The fourth-order valence-corrected chi connectivity index (χ4v) is 3.54. The minimum atomic E-state index is -0.170. The van der Waals surface area contributed by atoms with Gasteiger partial charge in [0.15, 0.2) is 0 Å². The molecule has 1 amide bonds. The molecular formula is C21H24N4O2S. The highest BCUT2D eigenvalue weighted by molar-refractivity contribution is 7.18. The van der Waals surface area contributed by atoms with Crippen LogP contribution in [-0.4, -0.2) is 41.3 Å². The number of rotatable bonds is 6. The Labute approximate surface area is 169 Å². The zero-order chi connectivity index (χ0) is 20.1. The van der Waals surface area contributed by atoms with Crippen LogP contribution in [0.4, 0.5) is 5.13 Å². The molecule has 0 N–H and O–H groups in total. The zero-order valence-corrected chi connectivity index (χ0v) is 17.4. The largest absolute Gasteiger partial charge is 0.383 e. The van der Waals surface area contributed by atoms with E-state index in [-0.39, 0.29) is 11.3 Å². The van der Waals surface area contributed by atoms with Crippen molar-refractivity contribution in [1.82, 2.24) is 15.2 Å². The summed E-state index contributed by atoms with van der Waals surface area (Å²) in [6, 6.07) is 11.8. The van der Waals surface area contributed by atoms with Gasteiger partial charge in [0.25, 0.3) is 5.91 Å². The van der Waals surface area contributed by atoms with Crippen LogP contribution in [0.1, 0.15) is 36.7 Å². The molecule has 2 aromatic heterocycles. The van der Waals surface area contributed by atoms with Crippen molar-refractivity contribution < 1.29 is 9.53 Å². The Morgan fingerprint density at radius 1 is 1.14 bits per heavy atom. The van der Waals surface area contributed by atoms with Crippen LogP contribution >= 0.6 is 11.3 Å². The van der Waals surface area contributed by atoms with Gasteiger partial charge in [0.1, 0.15) is 5.01 Å². The maximum absolute atomic E-state index is 12.9. The molecule has 0 aliphatic carbocycles. The molecule has 0 aliphatic rings. The summed E-state index contributed by atoms with van der Waals surface area (Å²) in [7, 11) is 1.61. The Balaban J connectivity index is 1.87. The highest BCUT2D eigenvalue weighted by Gasteiger charge is 2.22. The van der Waals surface area contributed by atoms with Crippen LogP contribution < -0.4 is 4.90 Å². The second-order valence-electron chi connectivity index (χ2n) is 7.41. The van der Waals surface area contributed by atoms with E-state index >= 15 is 0 Å². The van der Waals surface area contributed by atoms with Crippen LogP contribution in [-0.2, 0) is 10.2 Å². The fraction of sp³-hybridized carbons (Fsp3) is 0.333. The molecule has 7 heteroatoms. The third-order valence-electron chi connectivity index (χ3n) is 4.32. The summed E-state index contributed by atoms with van der Waals surface area (Å²) in [5, 5.41) is 9.88. The number of hydrogen-bond acceptors (Lipinski definition) is 6. The van der Waals surface area contributed by atoms with Crippen molar-refractivity contribution in [1.29, 1.82) is 0 Å². The molecule has 146 valence electrons. The van der Waals surface area contributed by atoms with Gasteiger partial charge in [-0.1, -0.05) is 56.4 Å². The van der Waals surface area contributed by atoms with Gasteiger partial charge >= 0.3 is 0 Å². The molecule has 2 heterocycles. The van der Waals surface area contributed by atoms with Crippen molar-refractivity contribution in [3.63, 3.8) is 0 Å². The molecule has 3 rings (SSSR count). The topological polar surface area (TPSA) is 68.2 Å². The number of hydrogen-bond donors (Lipinski definition) is 0. The predicted octanol–water partition coefficient (Wildman–Crippen LogP) is 4.19. The standard InChI is InChI=1S/C21H24N4O2S/c1-21(2,3)17-9-7-15(8-10-17)18-23-24-20(28-18)25(12-13-27-4)19(26)16-6-5-11-22-14-16/h5-11,14H,12-13H2,1-4H3. The normalized spacial score (nSPS) is 11.4. The number of nitrogens with zero attached hydrogens (tertiary/aromatic N) is 4. The maximum atomic E-state index is 12.9. The number of pyridine rings is 1. The van der Waals surface area contributed by atoms with E-state index in [0.717, 1.165) is 10.6 Å². The van der Waals surface area contributed by atoms with E-state index in [2.05, 4.69) is 48.1 Å². The number of amides is 1. The average Bonchev–Trinajstić information content (AvgIpc) is 3.18. The lowest BCUT2D eigenvalue weighted by molar-refractivity contribution is 0.0975. The van der Waals surface area contributed by atoms with E-state index in [9.17, 15) is 4.79 Å². The monoisotopic (exact) mass is 396 g/mol. The Morgan fingerprint density at radius 2 is 1.89 bits per heavy atom. The third kappa shape index (κ3) is 4.61. The smallest absolute Gasteiger partial charge is 0.261 e. The molecule has 3 aromatic rings. The molecule has 0 saturated carbocycles. The van der Waals surface area contributed by atoms with Gasteiger partial charge in [-0.3, -0.25) is 14.7 Å². The van der Waals surface area contributed by atoms with Crippen molar-refractivity contribution in [3.8, 4) is 10.6 Å². The minimum Gasteiger partial charge on any atom is -0.383 e. The number of benzene rings is 1. The number of aromatic nitrogens is 3. The van der Waals surface area contributed by atoms with Crippen LogP contribution in [0.25, 0.3) is 10.6 Å². The molecule has 0 bridgehead atoms. The fourth-order valence-electron chi connectivity index (χ4n) is 2.67. The lowest BCUT2D eigenvalue weighted by atomic mass is 9.87. The molecule has 1 aromatic carbocycles. The van der Waals surface area contributed by atoms with E-state index < -0.39 is 0 Å². The molecule has 0 aliphatic heterocycles. The molecule has 0 saturated heterocycles. The summed E-state index contributed by atoms with van der Waals surface area (Å²) in [6.07, 6.45) is 3.19. The van der Waals surface area contributed by atoms with E-state index in [1.807, 2.05) is 12.1 Å². The van der Waals surface area contributed by atoms with Crippen LogP contribution in [0.5, 0.6) is 0 Å². The van der Waals surface area contributed by atoms with Gasteiger partial charge in [-0.2, -0.15) is 0 Å². The first kappa shape index (κ1) is 20.1. The lowest BCUT2D eigenvalue weighted by Crippen LogP contribution is -2.34. The summed E-state index contributed by atoms with van der Waals surface area (Å²) >= 11 is 1.39. The molecule has 0 unspecified atom stereocenters. The van der Waals surface area contributed by atoms with Gasteiger partial charge < -0.3 is 4.74 Å². The Morgan fingerprint density at radius 3 is 2.50 bits per heavy atom. The Hall–Kier alpha value is -2.64. The van der Waals surface area contributed by atoms with Crippen LogP contribution in [0.2, 0.25) is 0 Å². The van der Waals surface area contributed by atoms with Gasteiger partial charge in [-0.25, -0.2) is 0 Å². The molecule has 0 spiro atoms. The summed E-state index contributed by atoms with van der Waals surface area (Å²) in [4.78, 5) is 18.5. The molecular weight excluding hydrogens is 372 g/mol. The van der Waals surface area contributed by atoms with Crippen LogP contribution in [0, 0.1) is 0 Å². The van der Waals surface area contributed by atoms with E-state index in [1.165, 1.54) is 16.9 Å². The van der Waals surface area contributed by atoms with Crippen molar-refractivity contribution in [2.24, 2.45) is 0 Å². The highest BCUT2D eigenvalue weighted by atomic mass is 32.1. The molecule has 0 fully saturated rings. The van der Waals surface area contributed by atoms with Gasteiger partial charge in [-0.05, 0) is 23.1 Å². The lowest BCUT2D eigenvalue weighted by Gasteiger charge is -2.19. The molecule has 0 radical (unpaired) electrons. The van der Waals surface area contributed by atoms with Gasteiger partial charge in [0.2, 0.25) is 5.13 Å². The molecule has 6 nitrogen and oxygen atoms in total. The van der Waals surface area contributed by atoms with E-state index in [4.69, 9.17) is 4.74 Å². The average molecular weight is 397 g/mol. The van der Waals surface area contributed by atoms with Crippen molar-refractivity contribution in [2.75, 3.05) is 25.2 Å². The zero-order valence-electron chi connectivity index (χ0n) is 16.5. The summed E-state index contributed by atoms with van der Waals surface area (Å²) in [5.41, 5.74) is 2.84. The number of ether oxygens (including phenoxy) is 1. The minimum absolute atomic E-state index is 0.0951. The number of methoxy groups -OCH3 is 1. The first-order valence-corrected chi connectivity index (χ1v) is 9.87. The van der Waals surface area contributed by atoms with Crippen LogP contribution in [0.15, 0.2) is 48.8 Å². The summed E-state index contributed by atoms with van der Waals surface area (Å²) in [6.45, 7) is 7.34. The van der Waals surface area contributed by atoms with Crippen molar-refractivity contribution in [2.45, 2.75) is 26.2 Å². The third-order valence-corrected chi connectivity index (χ3v) is 5.31. The van der Waals surface area contributed by atoms with Gasteiger partial charge in [-0.15, -0.1) is 10.2 Å². The first-order chi connectivity index (χ1) is 13.4. The predicted molar refractivity (Wildman–Crippen MR) is 112 cm³/mol. The second kappa shape index (κ2) is 8.58. The number of carbonyl (C=O) groups is 1. The summed E-state index contributed by atoms with van der Waals surface area (Å²) < 4.78 is 5.16. The molecule has 0 atom stereocenters. The Kier molecular flexibility index (Phi) is 6.16. The van der Waals surface area contributed by atoms with Gasteiger partial charge in [0.05, 0.1) is 18.7 Å². The van der Waals surface area contributed by atoms with Crippen LogP contribution in [0.3, 0.4) is 0 Å². The number of carbonyl (C=O) groups excluding carboxylic acids is 1. The Bertz CT molecular complexity index is 918. The highest BCUT2D eigenvalue weighted by Crippen LogP contribution is 2.31. The van der Waals surface area contributed by atoms with Crippen molar-refractivity contribution >= 4 is 22.4 Å². The van der Waals surface area contributed by atoms with E-state index in [0.29, 0.717) is 23.8 Å². The number of anilines is 1. The second-order valence-corrected chi connectivity index (χ2v) is 8.36. The first-order valence-electron chi connectivity index (χ1n) is 9.05. The van der Waals surface area contributed by atoms with Gasteiger partial charge in [0, 0.05) is 25.1 Å². The quantitative estimate of drug-likeness (QED) is 0.625. The summed E-state index contributed by atoms with van der Waals surface area (Å²) in [5.74, 6) is -0.170. The SMILES string of the molecule is COCCN(C(=O)c1cccnc1)c1nnc(-c2ccc(C(C)(C)C)cc2)s1. The molecule has 28 heavy (non-hydrogen) atoms. The van der Waals surface area contributed by atoms with Crippen molar-refractivity contribution in [3.05, 3.63) is 59.9 Å².